The summed E-state index contributed by atoms with van der Waals surface area (Å²) in [7, 11) is -2.41. The smallest absolute Gasteiger partial charge is 0.263 e. The molecule has 4 aromatic rings. The van der Waals surface area contributed by atoms with Crippen LogP contribution in [0.1, 0.15) is 0 Å². The van der Waals surface area contributed by atoms with Crippen LogP contribution in [0.3, 0.4) is 0 Å². The van der Waals surface area contributed by atoms with Crippen LogP contribution in [0.5, 0.6) is 5.75 Å². The van der Waals surface area contributed by atoms with Gasteiger partial charge < -0.3 is 4.74 Å². The van der Waals surface area contributed by atoms with Crippen LogP contribution in [0, 0.1) is 5.82 Å². The van der Waals surface area contributed by atoms with Crippen molar-refractivity contribution in [3.63, 3.8) is 0 Å². The Labute approximate surface area is 196 Å². The Balaban J connectivity index is 1.55. The molecule has 0 radical (unpaired) electrons. The average molecular weight is 515 g/mol. The van der Waals surface area contributed by atoms with Crippen LogP contribution in [0.2, 0.25) is 10.0 Å². The van der Waals surface area contributed by atoms with Crippen LogP contribution < -0.4 is 9.46 Å². The molecule has 3 aromatic carbocycles. The largest absolute Gasteiger partial charge is 0.497 e. The second-order valence-electron chi connectivity index (χ2n) is 6.24. The zero-order valence-electron chi connectivity index (χ0n) is 15.7. The predicted octanol–water partition coefficient (Wildman–Crippen LogP) is 6.70. The Hall–Kier alpha value is -2.04. The van der Waals surface area contributed by atoms with E-state index in [9.17, 15) is 12.8 Å². The zero-order valence-corrected chi connectivity index (χ0v) is 19.7. The van der Waals surface area contributed by atoms with E-state index in [0.717, 1.165) is 43.4 Å². The molecule has 31 heavy (non-hydrogen) atoms. The van der Waals surface area contributed by atoms with Crippen molar-refractivity contribution in [3.8, 4) is 5.75 Å². The van der Waals surface area contributed by atoms with E-state index in [1.165, 1.54) is 29.2 Å². The summed E-state index contributed by atoms with van der Waals surface area (Å²) in [6.07, 6.45) is 0. The van der Waals surface area contributed by atoms with E-state index >= 15 is 0 Å². The second kappa shape index (κ2) is 8.84. The molecular formula is C20H13Cl2FN2O3S3. The molecule has 1 N–H and O–H groups in total. The summed E-state index contributed by atoms with van der Waals surface area (Å²) >= 11 is 15.1. The number of hydrogen-bond acceptors (Lipinski definition) is 6. The van der Waals surface area contributed by atoms with E-state index in [4.69, 9.17) is 27.9 Å². The molecule has 0 fully saturated rings. The van der Waals surface area contributed by atoms with Crippen LogP contribution in [0.15, 0.2) is 68.7 Å². The third-order valence-corrected chi connectivity index (χ3v) is 8.60. The number of aromatic nitrogens is 1. The lowest BCUT2D eigenvalue weighted by atomic mass is 10.3. The molecule has 0 spiro atoms. The lowest BCUT2D eigenvalue weighted by molar-refractivity contribution is 0.415. The Bertz CT molecular complexity index is 1390. The number of halogens is 3. The van der Waals surface area contributed by atoms with Crippen LogP contribution in [0.4, 0.5) is 10.1 Å². The quantitative estimate of drug-likeness (QED) is 0.309. The molecule has 1 heterocycles. The van der Waals surface area contributed by atoms with Gasteiger partial charge in [0.15, 0.2) is 4.34 Å². The Morgan fingerprint density at radius 1 is 1.06 bits per heavy atom. The van der Waals surface area contributed by atoms with Gasteiger partial charge in [-0.15, -0.1) is 11.3 Å². The average Bonchev–Trinajstić information content (AvgIpc) is 3.11. The van der Waals surface area contributed by atoms with Gasteiger partial charge >= 0.3 is 0 Å². The summed E-state index contributed by atoms with van der Waals surface area (Å²) in [5, 5.41) is 0.144. The van der Waals surface area contributed by atoms with Crippen molar-refractivity contribution < 1.29 is 17.5 Å². The molecule has 0 atom stereocenters. The van der Waals surface area contributed by atoms with Crippen molar-refractivity contribution in [1.82, 2.24) is 4.98 Å². The lowest BCUT2D eigenvalue weighted by Gasteiger charge is -2.11. The number of methoxy groups -OCH3 is 1. The van der Waals surface area contributed by atoms with E-state index < -0.39 is 15.8 Å². The van der Waals surface area contributed by atoms with Crippen molar-refractivity contribution >= 4 is 72.2 Å². The minimum absolute atomic E-state index is 0.210. The first kappa shape index (κ1) is 22.2. The second-order valence-corrected chi connectivity index (χ2v) is 11.0. The normalized spacial score (nSPS) is 11.6. The number of anilines is 1. The third-order valence-electron chi connectivity index (χ3n) is 4.14. The highest BCUT2D eigenvalue weighted by Crippen LogP contribution is 2.39. The van der Waals surface area contributed by atoms with E-state index in [2.05, 4.69) is 9.71 Å². The van der Waals surface area contributed by atoms with Gasteiger partial charge in [-0.1, -0.05) is 35.0 Å². The lowest BCUT2D eigenvalue weighted by Crippen LogP contribution is -2.13. The van der Waals surface area contributed by atoms with Gasteiger partial charge in [-0.25, -0.2) is 17.8 Å². The van der Waals surface area contributed by atoms with Gasteiger partial charge in [-0.05, 0) is 48.5 Å². The van der Waals surface area contributed by atoms with E-state index in [0.29, 0.717) is 5.02 Å². The number of rotatable bonds is 6. The number of hydrogen-bond donors (Lipinski definition) is 1. The molecular weight excluding hydrogens is 502 g/mol. The summed E-state index contributed by atoms with van der Waals surface area (Å²) < 4.78 is 47.8. The van der Waals surface area contributed by atoms with Crippen molar-refractivity contribution in [1.29, 1.82) is 0 Å². The highest BCUT2D eigenvalue weighted by molar-refractivity contribution is 8.01. The number of nitrogens with zero attached hydrogens (tertiary/aromatic N) is 1. The van der Waals surface area contributed by atoms with Gasteiger partial charge in [0.05, 0.1) is 33.1 Å². The third kappa shape index (κ3) is 4.91. The maximum atomic E-state index is 13.2. The van der Waals surface area contributed by atoms with Gasteiger partial charge in [0, 0.05) is 11.0 Å². The molecule has 0 saturated carbocycles. The molecule has 0 aliphatic rings. The zero-order chi connectivity index (χ0) is 22.2. The molecule has 0 unspecified atom stereocenters. The van der Waals surface area contributed by atoms with Crippen LogP contribution in [-0.2, 0) is 10.0 Å². The molecule has 0 aliphatic heterocycles. The van der Waals surface area contributed by atoms with Gasteiger partial charge in [0.25, 0.3) is 10.0 Å². The standard InChI is InChI=1S/C20H13Cl2FN2O3S3/c1-28-13-4-6-18-16(10-13)24-20(30-18)29-17-5-3-12(9-14(17)21)25-31(26,27)19-7-2-11(23)8-15(19)22/h2-10,25H,1H3. The minimum atomic E-state index is -4.01. The van der Waals surface area contributed by atoms with Crippen LogP contribution in [-0.4, -0.2) is 20.5 Å². The van der Waals surface area contributed by atoms with Gasteiger partial charge in [0.1, 0.15) is 16.5 Å². The number of thiazole rings is 1. The summed E-state index contributed by atoms with van der Waals surface area (Å²) in [5.74, 6) is 0.104. The maximum absolute atomic E-state index is 13.2. The first-order valence-electron chi connectivity index (χ1n) is 8.65. The number of nitrogens with one attached hydrogen (secondary N) is 1. The van der Waals surface area contributed by atoms with Crippen molar-refractivity contribution in [3.05, 3.63) is 70.5 Å². The van der Waals surface area contributed by atoms with Crippen molar-refractivity contribution in [2.45, 2.75) is 14.1 Å². The molecule has 5 nitrogen and oxygen atoms in total. The summed E-state index contributed by atoms with van der Waals surface area (Å²) in [4.78, 5) is 5.07. The molecule has 160 valence electrons. The number of ether oxygens (including phenoxy) is 1. The Morgan fingerprint density at radius 3 is 2.58 bits per heavy atom. The first-order valence-corrected chi connectivity index (χ1v) is 12.5. The Morgan fingerprint density at radius 2 is 1.87 bits per heavy atom. The summed E-state index contributed by atoms with van der Waals surface area (Å²) in [5.41, 5.74) is 1.08. The fraction of sp³-hybridized carbons (Fsp3) is 0.0500. The fourth-order valence-electron chi connectivity index (χ4n) is 2.70. The molecule has 0 amide bonds. The molecule has 0 aliphatic carbocycles. The number of sulfonamides is 1. The topological polar surface area (TPSA) is 68.3 Å². The van der Waals surface area contributed by atoms with E-state index in [1.54, 1.807) is 19.2 Å². The van der Waals surface area contributed by atoms with Crippen molar-refractivity contribution in [2.24, 2.45) is 0 Å². The SMILES string of the molecule is COc1ccc2sc(Sc3ccc(NS(=O)(=O)c4ccc(F)cc4Cl)cc3Cl)nc2c1. The number of benzene rings is 3. The molecule has 11 heteroatoms. The van der Waals surface area contributed by atoms with Crippen molar-refractivity contribution in [2.75, 3.05) is 11.8 Å². The monoisotopic (exact) mass is 514 g/mol. The maximum Gasteiger partial charge on any atom is 0.263 e. The predicted molar refractivity (Wildman–Crippen MR) is 124 cm³/mol. The molecule has 0 saturated heterocycles. The molecule has 1 aromatic heterocycles. The number of fused-ring (bicyclic) bond motifs is 1. The minimum Gasteiger partial charge on any atom is -0.497 e. The highest BCUT2D eigenvalue weighted by Gasteiger charge is 2.19. The van der Waals surface area contributed by atoms with Gasteiger partial charge in [-0.2, -0.15) is 0 Å². The van der Waals surface area contributed by atoms with Crippen LogP contribution >= 0.6 is 46.3 Å². The van der Waals surface area contributed by atoms with E-state index in [-0.39, 0.29) is 15.6 Å². The highest BCUT2D eigenvalue weighted by atomic mass is 35.5. The van der Waals surface area contributed by atoms with Gasteiger partial charge in [-0.3, -0.25) is 4.72 Å². The van der Waals surface area contributed by atoms with Gasteiger partial charge in [0.2, 0.25) is 0 Å². The first-order chi connectivity index (χ1) is 14.7. The van der Waals surface area contributed by atoms with E-state index in [1.807, 2.05) is 18.2 Å². The molecule has 4 rings (SSSR count). The fourth-order valence-corrected chi connectivity index (χ4v) is 6.59. The van der Waals surface area contributed by atoms with Crippen LogP contribution in [0.25, 0.3) is 10.2 Å². The summed E-state index contributed by atoms with van der Waals surface area (Å²) in [6, 6.07) is 13.5. The molecule has 0 bridgehead atoms. The Kier molecular flexibility index (Phi) is 6.32. The summed E-state index contributed by atoms with van der Waals surface area (Å²) in [6.45, 7) is 0.